The third-order valence-corrected chi connectivity index (χ3v) is 5.46. The molecule has 0 aliphatic rings. The highest BCUT2D eigenvalue weighted by atomic mass is 15.0. The minimum Gasteiger partial charge on any atom is -0.398 e. The zero-order valence-corrected chi connectivity index (χ0v) is 21.0. The first-order chi connectivity index (χ1) is 13.9. The molecule has 0 bridgehead atoms. The molecule has 0 radical (unpaired) electrons. The lowest BCUT2D eigenvalue weighted by molar-refractivity contribution is 0.402. The summed E-state index contributed by atoms with van der Waals surface area (Å²) in [6.07, 6.45) is 0. The van der Waals surface area contributed by atoms with Crippen LogP contribution in [-0.4, -0.2) is 19.0 Å². The molecule has 0 saturated heterocycles. The van der Waals surface area contributed by atoms with E-state index in [0.29, 0.717) is 23.7 Å². The van der Waals surface area contributed by atoms with Crippen LogP contribution in [0.25, 0.3) is 0 Å². The van der Waals surface area contributed by atoms with Gasteiger partial charge in [-0.3, -0.25) is 0 Å². The molecular formula is C27H45N3. The molecule has 3 nitrogen and oxygen atoms in total. The summed E-state index contributed by atoms with van der Waals surface area (Å²) in [7, 11) is 4.20. The summed E-state index contributed by atoms with van der Waals surface area (Å²) >= 11 is 0. The van der Waals surface area contributed by atoms with Crippen molar-refractivity contribution in [2.75, 3.05) is 25.6 Å². The third-order valence-electron chi connectivity index (χ3n) is 5.46. The lowest BCUT2D eigenvalue weighted by Crippen LogP contribution is -2.13. The third kappa shape index (κ3) is 7.05. The fourth-order valence-electron chi connectivity index (χ4n) is 3.78. The van der Waals surface area contributed by atoms with Gasteiger partial charge in [-0.2, -0.15) is 0 Å². The minimum atomic E-state index is 0.481. The zero-order chi connectivity index (χ0) is 23.2. The van der Waals surface area contributed by atoms with Gasteiger partial charge in [-0.15, -0.1) is 0 Å². The van der Waals surface area contributed by atoms with Gasteiger partial charge in [-0.05, 0) is 65.6 Å². The van der Waals surface area contributed by atoms with Crippen molar-refractivity contribution in [2.45, 2.75) is 85.6 Å². The number of anilines is 2. The molecule has 0 saturated carbocycles. The van der Waals surface area contributed by atoms with Crippen molar-refractivity contribution in [3.8, 4) is 0 Å². The second kappa shape index (κ2) is 11.4. The molecule has 168 valence electrons. The summed E-state index contributed by atoms with van der Waals surface area (Å²) in [5.74, 6) is 1.99. The SMILES string of the molecule is CC(C)c1cc(CN(C)C)cc(C(C)C)c1N.CC(C)c1cccc(C(C)C)c1N. The van der Waals surface area contributed by atoms with Crippen molar-refractivity contribution >= 4 is 11.4 Å². The van der Waals surface area contributed by atoms with Crippen LogP contribution in [0.4, 0.5) is 11.4 Å². The van der Waals surface area contributed by atoms with Gasteiger partial charge in [-0.1, -0.05) is 85.7 Å². The van der Waals surface area contributed by atoms with Crippen molar-refractivity contribution in [3.63, 3.8) is 0 Å². The smallest absolute Gasteiger partial charge is 0.0384 e. The first-order valence-electron chi connectivity index (χ1n) is 11.3. The fourth-order valence-corrected chi connectivity index (χ4v) is 3.78. The standard InChI is InChI=1S/C15H26N2.C12H19N/c1-10(2)13-7-12(9-17(5)6)8-14(11(3)4)15(13)16;1-8(2)10-6-5-7-11(9(3)4)12(10)13/h7-8,10-11H,9,16H2,1-6H3;5-9H,13H2,1-4H3. The molecule has 3 heteroatoms. The Bertz CT molecular complexity index is 746. The minimum absolute atomic E-state index is 0.481. The molecule has 0 spiro atoms. The van der Waals surface area contributed by atoms with Crippen LogP contribution in [0.15, 0.2) is 30.3 Å². The van der Waals surface area contributed by atoms with E-state index in [1.165, 1.54) is 27.8 Å². The molecule has 0 heterocycles. The van der Waals surface area contributed by atoms with E-state index in [9.17, 15) is 0 Å². The summed E-state index contributed by atoms with van der Waals surface area (Å²) in [6.45, 7) is 18.5. The maximum Gasteiger partial charge on any atom is 0.0384 e. The molecule has 0 aliphatic heterocycles. The van der Waals surface area contributed by atoms with Crippen molar-refractivity contribution in [1.82, 2.24) is 4.90 Å². The second-order valence-electron chi connectivity index (χ2n) is 9.89. The van der Waals surface area contributed by atoms with Crippen LogP contribution in [0.5, 0.6) is 0 Å². The highest BCUT2D eigenvalue weighted by molar-refractivity contribution is 5.58. The Morgan fingerprint density at radius 3 is 1.27 bits per heavy atom. The Morgan fingerprint density at radius 1 is 0.633 bits per heavy atom. The highest BCUT2D eigenvalue weighted by Crippen LogP contribution is 2.32. The van der Waals surface area contributed by atoms with E-state index in [2.05, 4.69) is 105 Å². The maximum atomic E-state index is 6.27. The molecule has 2 aromatic rings. The molecule has 2 rings (SSSR count). The molecular weight excluding hydrogens is 366 g/mol. The summed E-state index contributed by atoms with van der Waals surface area (Å²) in [5, 5.41) is 0. The second-order valence-corrected chi connectivity index (χ2v) is 9.89. The molecule has 4 N–H and O–H groups in total. The van der Waals surface area contributed by atoms with E-state index in [-0.39, 0.29) is 0 Å². The van der Waals surface area contributed by atoms with Crippen LogP contribution in [0.1, 0.15) is 107 Å². The highest BCUT2D eigenvalue weighted by Gasteiger charge is 2.13. The normalized spacial score (nSPS) is 11.6. The number of rotatable bonds is 6. The number of hydrogen-bond donors (Lipinski definition) is 2. The van der Waals surface area contributed by atoms with E-state index >= 15 is 0 Å². The Balaban J connectivity index is 0.000000311. The number of nitrogens with zero attached hydrogens (tertiary/aromatic N) is 1. The van der Waals surface area contributed by atoms with E-state index in [0.717, 1.165) is 17.9 Å². The van der Waals surface area contributed by atoms with Crippen LogP contribution >= 0.6 is 0 Å². The van der Waals surface area contributed by atoms with Gasteiger partial charge in [0, 0.05) is 17.9 Å². The molecule has 2 aromatic carbocycles. The predicted molar refractivity (Wildman–Crippen MR) is 135 cm³/mol. The summed E-state index contributed by atoms with van der Waals surface area (Å²) in [6, 6.07) is 10.8. The quantitative estimate of drug-likeness (QED) is 0.499. The summed E-state index contributed by atoms with van der Waals surface area (Å²) in [5.41, 5.74) is 20.8. The fraction of sp³-hybridized carbons (Fsp3) is 0.556. The summed E-state index contributed by atoms with van der Waals surface area (Å²) < 4.78 is 0. The van der Waals surface area contributed by atoms with E-state index in [4.69, 9.17) is 11.5 Å². The largest absolute Gasteiger partial charge is 0.398 e. The van der Waals surface area contributed by atoms with Crippen molar-refractivity contribution < 1.29 is 0 Å². The first-order valence-corrected chi connectivity index (χ1v) is 11.3. The van der Waals surface area contributed by atoms with Gasteiger partial charge in [-0.25, -0.2) is 0 Å². The van der Waals surface area contributed by atoms with Crippen LogP contribution in [0.2, 0.25) is 0 Å². The van der Waals surface area contributed by atoms with Crippen molar-refractivity contribution in [2.24, 2.45) is 0 Å². The van der Waals surface area contributed by atoms with E-state index in [1.807, 2.05) is 0 Å². The van der Waals surface area contributed by atoms with Crippen molar-refractivity contribution in [1.29, 1.82) is 0 Å². The topological polar surface area (TPSA) is 55.3 Å². The van der Waals surface area contributed by atoms with Crippen LogP contribution < -0.4 is 11.5 Å². The summed E-state index contributed by atoms with van der Waals surface area (Å²) in [4.78, 5) is 2.19. The Labute approximate surface area is 185 Å². The molecule has 0 fully saturated rings. The average molecular weight is 412 g/mol. The number of benzene rings is 2. The molecule has 0 atom stereocenters. The van der Waals surface area contributed by atoms with Gasteiger partial charge in [0.25, 0.3) is 0 Å². The Hall–Kier alpha value is -2.00. The van der Waals surface area contributed by atoms with Gasteiger partial charge < -0.3 is 16.4 Å². The van der Waals surface area contributed by atoms with Gasteiger partial charge in [0.05, 0.1) is 0 Å². The molecule has 0 aliphatic carbocycles. The van der Waals surface area contributed by atoms with Crippen LogP contribution in [0, 0.1) is 0 Å². The van der Waals surface area contributed by atoms with Crippen LogP contribution in [-0.2, 0) is 6.54 Å². The molecule has 30 heavy (non-hydrogen) atoms. The predicted octanol–water partition coefficient (Wildman–Crippen LogP) is 7.09. The van der Waals surface area contributed by atoms with Crippen LogP contribution in [0.3, 0.4) is 0 Å². The van der Waals surface area contributed by atoms with Gasteiger partial charge in [0.2, 0.25) is 0 Å². The van der Waals surface area contributed by atoms with Gasteiger partial charge >= 0.3 is 0 Å². The molecule has 0 unspecified atom stereocenters. The molecule has 0 amide bonds. The van der Waals surface area contributed by atoms with E-state index < -0.39 is 0 Å². The lowest BCUT2D eigenvalue weighted by atomic mass is 9.90. The lowest BCUT2D eigenvalue weighted by Gasteiger charge is -2.20. The number of nitrogen functional groups attached to an aromatic ring is 2. The molecule has 0 aromatic heterocycles. The zero-order valence-electron chi connectivity index (χ0n) is 21.0. The maximum absolute atomic E-state index is 6.27. The monoisotopic (exact) mass is 411 g/mol. The number of nitrogens with two attached hydrogens (primary N) is 2. The van der Waals surface area contributed by atoms with Gasteiger partial charge in [0.15, 0.2) is 0 Å². The van der Waals surface area contributed by atoms with Gasteiger partial charge in [0.1, 0.15) is 0 Å². The Kier molecular flexibility index (Phi) is 9.90. The average Bonchev–Trinajstić information content (AvgIpc) is 2.62. The number of hydrogen-bond acceptors (Lipinski definition) is 3. The van der Waals surface area contributed by atoms with Crippen molar-refractivity contribution in [3.05, 3.63) is 58.1 Å². The number of para-hydroxylation sites is 1. The first kappa shape index (κ1) is 26.0. The Morgan fingerprint density at radius 2 is 0.967 bits per heavy atom. The van der Waals surface area contributed by atoms with E-state index in [1.54, 1.807) is 0 Å².